The molecule has 0 aliphatic carbocycles. The third-order valence-corrected chi connectivity index (χ3v) is 5.62. The second kappa shape index (κ2) is 10.7. The van der Waals surface area contributed by atoms with E-state index in [1.54, 1.807) is 11.0 Å². The fourth-order valence-corrected chi connectivity index (χ4v) is 3.81. The maximum atomic E-state index is 13.3. The second-order valence-electron chi connectivity index (χ2n) is 7.97. The fourth-order valence-electron chi connectivity index (χ4n) is 3.81. The van der Waals surface area contributed by atoms with Gasteiger partial charge in [-0.25, -0.2) is 0 Å². The zero-order chi connectivity index (χ0) is 23.1. The molecule has 0 unspecified atom stereocenters. The van der Waals surface area contributed by atoms with Gasteiger partial charge in [0.2, 0.25) is 0 Å². The van der Waals surface area contributed by atoms with E-state index in [0.29, 0.717) is 38.2 Å². The number of anilines is 1. The summed E-state index contributed by atoms with van der Waals surface area (Å²) in [7, 11) is 0. The molecule has 0 fully saturated rings. The first-order valence-electron chi connectivity index (χ1n) is 10.9. The Hall–Kier alpha value is -3.50. The molecule has 168 valence electrons. The molecular weight excluding hydrogens is 404 g/mol. The van der Waals surface area contributed by atoms with Crippen molar-refractivity contribution in [2.45, 2.75) is 52.1 Å². The molecule has 0 bridgehead atoms. The summed E-state index contributed by atoms with van der Waals surface area (Å²) in [6, 6.07) is 11.0. The molecule has 32 heavy (non-hydrogen) atoms. The Kier molecular flexibility index (Phi) is 7.74. The van der Waals surface area contributed by atoms with E-state index in [4.69, 9.17) is 15.8 Å². The number of nitrogen functional groups attached to an aromatic ring is 1. The van der Waals surface area contributed by atoms with Crippen LogP contribution < -0.4 is 16.0 Å². The molecule has 0 aromatic heterocycles. The third kappa shape index (κ3) is 5.21. The van der Waals surface area contributed by atoms with Gasteiger partial charge >= 0.3 is 0 Å². The SMILES string of the molecule is C=C(CCCC)c1cc(C(=O)N2Cc3ccc(OCCCC#N)cc3C2)c(O)cc1NN. The van der Waals surface area contributed by atoms with Gasteiger partial charge in [-0.2, -0.15) is 5.26 Å². The van der Waals surface area contributed by atoms with Gasteiger partial charge in [0, 0.05) is 31.1 Å². The van der Waals surface area contributed by atoms with E-state index < -0.39 is 0 Å². The predicted octanol–water partition coefficient (Wildman–Crippen LogP) is 4.72. The molecule has 0 saturated carbocycles. The minimum absolute atomic E-state index is 0.118. The number of fused-ring (bicyclic) bond motifs is 1. The summed E-state index contributed by atoms with van der Waals surface area (Å²) >= 11 is 0. The molecule has 1 heterocycles. The van der Waals surface area contributed by atoms with E-state index >= 15 is 0 Å². The number of phenolic OH excluding ortho intramolecular Hbond substituents is 1. The highest BCUT2D eigenvalue weighted by Crippen LogP contribution is 2.35. The number of amides is 1. The first-order valence-corrected chi connectivity index (χ1v) is 10.9. The number of hydrogen-bond donors (Lipinski definition) is 3. The molecule has 1 amide bonds. The number of hydrazine groups is 1. The van der Waals surface area contributed by atoms with Crippen LogP contribution in [-0.2, 0) is 13.1 Å². The quantitative estimate of drug-likeness (QED) is 0.283. The van der Waals surface area contributed by atoms with Crippen molar-refractivity contribution < 1.29 is 14.6 Å². The van der Waals surface area contributed by atoms with Gasteiger partial charge in [-0.05, 0) is 54.2 Å². The molecular formula is C25H30N4O3. The zero-order valence-corrected chi connectivity index (χ0v) is 18.5. The molecule has 2 aromatic rings. The highest BCUT2D eigenvalue weighted by molar-refractivity contribution is 5.99. The van der Waals surface area contributed by atoms with Crippen LogP contribution in [0.5, 0.6) is 11.5 Å². The van der Waals surface area contributed by atoms with Gasteiger partial charge in [-0.1, -0.05) is 26.0 Å². The summed E-state index contributed by atoms with van der Waals surface area (Å²) in [6.45, 7) is 7.63. The normalized spacial score (nSPS) is 12.2. The minimum atomic E-state index is -0.247. The van der Waals surface area contributed by atoms with E-state index in [1.807, 2.05) is 18.2 Å². The number of allylic oxidation sites excluding steroid dienone is 1. The van der Waals surface area contributed by atoms with Crippen molar-refractivity contribution in [3.8, 4) is 17.6 Å². The highest BCUT2D eigenvalue weighted by atomic mass is 16.5. The van der Waals surface area contributed by atoms with Gasteiger partial charge in [0.1, 0.15) is 11.5 Å². The van der Waals surface area contributed by atoms with Gasteiger partial charge in [0.15, 0.2) is 0 Å². The Morgan fingerprint density at radius 3 is 2.75 bits per heavy atom. The number of ether oxygens (including phenoxy) is 1. The second-order valence-corrected chi connectivity index (χ2v) is 7.97. The maximum Gasteiger partial charge on any atom is 0.258 e. The van der Waals surface area contributed by atoms with Crippen LogP contribution in [-0.4, -0.2) is 22.5 Å². The van der Waals surface area contributed by atoms with Crippen molar-refractivity contribution >= 4 is 17.2 Å². The molecule has 0 atom stereocenters. The number of nitrogens with zero attached hydrogens (tertiary/aromatic N) is 2. The van der Waals surface area contributed by atoms with E-state index in [0.717, 1.165) is 47.3 Å². The maximum absolute atomic E-state index is 13.3. The van der Waals surface area contributed by atoms with Crippen molar-refractivity contribution in [2.24, 2.45) is 5.84 Å². The molecule has 1 aliphatic heterocycles. The van der Waals surface area contributed by atoms with Crippen molar-refractivity contribution in [2.75, 3.05) is 12.0 Å². The van der Waals surface area contributed by atoms with Crippen LogP contribution in [0.2, 0.25) is 0 Å². The molecule has 4 N–H and O–H groups in total. The number of nitriles is 1. The van der Waals surface area contributed by atoms with Crippen molar-refractivity contribution in [1.29, 1.82) is 5.26 Å². The molecule has 7 nitrogen and oxygen atoms in total. The van der Waals surface area contributed by atoms with Crippen LogP contribution in [0.15, 0.2) is 36.9 Å². The van der Waals surface area contributed by atoms with Gasteiger partial charge in [0.05, 0.1) is 23.9 Å². The van der Waals surface area contributed by atoms with Gasteiger partial charge < -0.3 is 20.2 Å². The number of carbonyl (C=O) groups is 1. The zero-order valence-electron chi connectivity index (χ0n) is 18.5. The molecule has 0 saturated heterocycles. The van der Waals surface area contributed by atoms with E-state index in [1.165, 1.54) is 6.07 Å². The number of benzene rings is 2. The molecule has 0 radical (unpaired) electrons. The summed E-state index contributed by atoms with van der Waals surface area (Å²) in [5.74, 6) is 6.00. The Balaban J connectivity index is 1.77. The standard InChI is InChI=1S/C25H30N4O3/c1-3-4-7-17(2)21-13-22(24(30)14-23(21)28-27)25(31)29-15-18-8-9-20(12-19(18)16-29)32-11-6-5-10-26/h8-9,12-14,28,30H,2-7,11,15-16,27H2,1H3. The Morgan fingerprint density at radius 2 is 2.03 bits per heavy atom. The van der Waals surface area contributed by atoms with Gasteiger partial charge in [-0.15, -0.1) is 0 Å². The van der Waals surface area contributed by atoms with Crippen LogP contribution >= 0.6 is 0 Å². The summed E-state index contributed by atoms with van der Waals surface area (Å²) in [6.07, 6.45) is 3.94. The van der Waals surface area contributed by atoms with Crippen molar-refractivity contribution in [3.63, 3.8) is 0 Å². The van der Waals surface area contributed by atoms with E-state index in [9.17, 15) is 9.90 Å². The Morgan fingerprint density at radius 1 is 1.25 bits per heavy atom. The number of nitrogens with two attached hydrogens (primary N) is 1. The average molecular weight is 435 g/mol. The Labute approximate surface area is 189 Å². The lowest BCUT2D eigenvalue weighted by molar-refractivity contribution is 0.0748. The van der Waals surface area contributed by atoms with Crippen LogP contribution in [0.4, 0.5) is 5.69 Å². The summed E-state index contributed by atoms with van der Waals surface area (Å²) < 4.78 is 5.71. The molecule has 7 heteroatoms. The smallest absolute Gasteiger partial charge is 0.258 e. The first kappa shape index (κ1) is 23.2. The lowest BCUT2D eigenvalue weighted by Crippen LogP contribution is -2.25. The summed E-state index contributed by atoms with van der Waals surface area (Å²) in [5, 5.41) is 19.1. The van der Waals surface area contributed by atoms with Gasteiger partial charge in [-0.3, -0.25) is 10.6 Å². The number of aromatic hydroxyl groups is 1. The largest absolute Gasteiger partial charge is 0.507 e. The van der Waals surface area contributed by atoms with Crippen LogP contribution in [0.25, 0.3) is 5.57 Å². The number of unbranched alkanes of at least 4 members (excludes halogenated alkanes) is 2. The number of carbonyl (C=O) groups excluding carboxylic acids is 1. The van der Waals surface area contributed by atoms with Crippen molar-refractivity contribution in [3.05, 3.63) is 59.2 Å². The molecule has 1 aliphatic rings. The van der Waals surface area contributed by atoms with Gasteiger partial charge in [0.25, 0.3) is 5.91 Å². The fraction of sp³-hybridized carbons (Fsp3) is 0.360. The summed E-state index contributed by atoms with van der Waals surface area (Å²) in [5.41, 5.74) is 7.06. The predicted molar refractivity (Wildman–Crippen MR) is 125 cm³/mol. The van der Waals surface area contributed by atoms with E-state index in [2.05, 4.69) is 25.0 Å². The van der Waals surface area contributed by atoms with Crippen LogP contribution in [0.1, 0.15) is 66.1 Å². The number of hydrogen-bond acceptors (Lipinski definition) is 6. The number of phenols is 1. The average Bonchev–Trinajstić information content (AvgIpc) is 3.23. The summed E-state index contributed by atoms with van der Waals surface area (Å²) in [4.78, 5) is 15.0. The van der Waals surface area contributed by atoms with E-state index in [-0.39, 0.29) is 17.2 Å². The first-order chi connectivity index (χ1) is 15.5. The third-order valence-electron chi connectivity index (χ3n) is 5.62. The van der Waals surface area contributed by atoms with Crippen LogP contribution in [0.3, 0.4) is 0 Å². The molecule has 3 rings (SSSR count). The topological polar surface area (TPSA) is 112 Å². The number of nitrogens with one attached hydrogen (secondary N) is 1. The van der Waals surface area contributed by atoms with Crippen LogP contribution in [0, 0.1) is 11.3 Å². The number of rotatable bonds is 10. The lowest BCUT2D eigenvalue weighted by Gasteiger charge is -2.19. The van der Waals surface area contributed by atoms with Crippen molar-refractivity contribution in [1.82, 2.24) is 4.90 Å². The lowest BCUT2D eigenvalue weighted by atomic mass is 9.97. The minimum Gasteiger partial charge on any atom is -0.507 e. The molecule has 0 spiro atoms. The Bertz CT molecular complexity index is 1040. The highest BCUT2D eigenvalue weighted by Gasteiger charge is 2.27. The monoisotopic (exact) mass is 434 g/mol. The molecule has 2 aromatic carbocycles.